The van der Waals surface area contributed by atoms with Crippen LogP contribution >= 0.6 is 11.6 Å². The van der Waals surface area contributed by atoms with Crippen LogP contribution in [0.5, 0.6) is 0 Å². The van der Waals surface area contributed by atoms with E-state index >= 15 is 0 Å². The third kappa shape index (κ3) is 6.72. The maximum Gasteiger partial charge on any atom is 0.227 e. The molecular formula is C30H37ClFN7O. The van der Waals surface area contributed by atoms with Crippen LogP contribution in [0.4, 0.5) is 16.2 Å². The van der Waals surface area contributed by atoms with E-state index in [-0.39, 0.29) is 11.9 Å². The highest BCUT2D eigenvalue weighted by molar-refractivity contribution is 6.31. The first-order valence-electron chi connectivity index (χ1n) is 14.2. The molecule has 8 nitrogen and oxygen atoms in total. The zero-order valence-corrected chi connectivity index (χ0v) is 23.5. The highest BCUT2D eigenvalue weighted by atomic mass is 35.5. The summed E-state index contributed by atoms with van der Waals surface area (Å²) in [5.41, 5.74) is 4.38. The third-order valence-electron chi connectivity index (χ3n) is 7.97. The summed E-state index contributed by atoms with van der Waals surface area (Å²) in [4.78, 5) is 17.2. The van der Waals surface area contributed by atoms with Gasteiger partial charge in [-0.15, -0.1) is 0 Å². The van der Waals surface area contributed by atoms with Crippen LogP contribution in [0, 0.1) is 5.82 Å². The molecule has 0 amide bonds. The van der Waals surface area contributed by atoms with Gasteiger partial charge in [0.1, 0.15) is 11.6 Å². The van der Waals surface area contributed by atoms with Crippen LogP contribution in [-0.2, 0) is 30.8 Å². The largest absolute Gasteiger partial charge is 0.374 e. The van der Waals surface area contributed by atoms with Crippen molar-refractivity contribution in [3.63, 3.8) is 0 Å². The molecule has 10 heteroatoms. The van der Waals surface area contributed by atoms with E-state index in [9.17, 15) is 4.39 Å². The van der Waals surface area contributed by atoms with Crippen molar-refractivity contribution >= 4 is 23.4 Å². The predicted octanol–water partition coefficient (Wildman–Crippen LogP) is 3.55. The number of rotatable bonds is 8. The Balaban J connectivity index is 1.06. The van der Waals surface area contributed by atoms with Crippen molar-refractivity contribution < 1.29 is 9.13 Å². The number of fused-ring (bicyclic) bond motifs is 1. The number of morpholine rings is 1. The van der Waals surface area contributed by atoms with E-state index in [0.717, 1.165) is 107 Å². The fourth-order valence-electron chi connectivity index (χ4n) is 5.76. The van der Waals surface area contributed by atoms with Gasteiger partial charge in [-0.1, -0.05) is 48.0 Å². The van der Waals surface area contributed by atoms with E-state index in [4.69, 9.17) is 26.3 Å². The van der Waals surface area contributed by atoms with E-state index in [1.165, 1.54) is 17.7 Å². The molecular weight excluding hydrogens is 529 g/mol. The van der Waals surface area contributed by atoms with Gasteiger partial charge in [-0.25, -0.2) is 9.37 Å². The number of piperazine rings is 1. The fraction of sp³-hybridized carbons (Fsp3) is 0.467. The highest BCUT2D eigenvalue weighted by Gasteiger charge is 2.27. The zero-order chi connectivity index (χ0) is 27.3. The first kappa shape index (κ1) is 27.4. The number of nitrogens with one attached hydrogen (secondary N) is 2. The molecule has 1 unspecified atom stereocenters. The molecule has 40 heavy (non-hydrogen) atoms. The van der Waals surface area contributed by atoms with E-state index < -0.39 is 0 Å². The molecule has 1 aromatic heterocycles. The molecule has 4 heterocycles. The van der Waals surface area contributed by atoms with E-state index in [1.54, 1.807) is 6.07 Å². The first-order valence-corrected chi connectivity index (χ1v) is 14.6. The normalized spacial score (nSPS) is 20.4. The molecule has 212 valence electrons. The van der Waals surface area contributed by atoms with Crippen LogP contribution in [0.25, 0.3) is 0 Å². The van der Waals surface area contributed by atoms with Crippen LogP contribution in [0.2, 0.25) is 5.02 Å². The van der Waals surface area contributed by atoms with E-state index in [0.29, 0.717) is 11.6 Å². The van der Waals surface area contributed by atoms with Crippen molar-refractivity contribution in [3.05, 3.63) is 81.8 Å². The summed E-state index contributed by atoms with van der Waals surface area (Å²) in [6.07, 6.45) is 1.10. The molecule has 2 aromatic carbocycles. The minimum atomic E-state index is -0.335. The van der Waals surface area contributed by atoms with Crippen LogP contribution < -0.4 is 15.5 Å². The molecule has 3 aromatic rings. The standard InChI is InChI=1S/C30H37ClFN7O/c31-27-16-24(32)7-6-23(27)17-34-29-26-18-33-9-8-28(26)35-30(36-29)39-12-10-37(11-13-39)20-25-21-38(14-15-40-25)19-22-4-2-1-3-5-22/h1-7,16,25,33H,8-15,17-21H2,(H,34,35,36). The minimum Gasteiger partial charge on any atom is -0.374 e. The summed E-state index contributed by atoms with van der Waals surface area (Å²) < 4.78 is 19.6. The molecule has 6 rings (SSSR count). The average Bonchev–Trinajstić information content (AvgIpc) is 2.98. The Labute approximate surface area is 240 Å². The average molecular weight is 566 g/mol. The predicted molar refractivity (Wildman–Crippen MR) is 156 cm³/mol. The fourth-order valence-corrected chi connectivity index (χ4v) is 5.99. The molecule has 0 radical (unpaired) electrons. The maximum atomic E-state index is 13.5. The van der Waals surface area contributed by atoms with Crippen molar-refractivity contribution in [2.45, 2.75) is 32.2 Å². The van der Waals surface area contributed by atoms with Gasteiger partial charge in [-0.3, -0.25) is 9.80 Å². The molecule has 0 bridgehead atoms. The molecule has 0 aliphatic carbocycles. The lowest BCUT2D eigenvalue weighted by atomic mass is 10.1. The lowest BCUT2D eigenvalue weighted by molar-refractivity contribution is -0.0463. The van der Waals surface area contributed by atoms with Gasteiger partial charge in [0.15, 0.2) is 0 Å². The number of halogens is 2. The summed E-state index contributed by atoms with van der Waals surface area (Å²) in [6.45, 7) is 10.4. The summed E-state index contributed by atoms with van der Waals surface area (Å²) in [5.74, 6) is 1.26. The third-order valence-corrected chi connectivity index (χ3v) is 8.32. The maximum absolute atomic E-state index is 13.5. The quantitative estimate of drug-likeness (QED) is 0.430. The zero-order valence-electron chi connectivity index (χ0n) is 22.8. The molecule has 3 aliphatic rings. The SMILES string of the molecule is Fc1ccc(CNc2nc(N3CCN(CC4CN(Cc5ccccc5)CCO4)CC3)nc3c2CNCC3)c(Cl)c1. The smallest absolute Gasteiger partial charge is 0.227 e. The summed E-state index contributed by atoms with van der Waals surface area (Å²) in [7, 11) is 0. The number of anilines is 2. The van der Waals surface area contributed by atoms with Crippen molar-refractivity contribution in [1.82, 2.24) is 25.1 Å². The second-order valence-corrected chi connectivity index (χ2v) is 11.2. The van der Waals surface area contributed by atoms with Gasteiger partial charge < -0.3 is 20.3 Å². The van der Waals surface area contributed by atoms with Crippen molar-refractivity contribution in [2.24, 2.45) is 0 Å². The molecule has 2 fully saturated rings. The summed E-state index contributed by atoms with van der Waals surface area (Å²) in [5, 5.41) is 7.30. The molecule has 0 spiro atoms. The molecule has 3 aliphatic heterocycles. The van der Waals surface area contributed by atoms with Crippen molar-refractivity contribution in [3.8, 4) is 0 Å². The summed E-state index contributed by atoms with van der Waals surface area (Å²) >= 11 is 6.27. The first-order chi connectivity index (χ1) is 19.6. The van der Waals surface area contributed by atoms with E-state index in [1.807, 2.05) is 0 Å². The Morgan fingerprint density at radius 1 is 1.02 bits per heavy atom. The lowest BCUT2D eigenvalue weighted by Crippen LogP contribution is -2.52. The van der Waals surface area contributed by atoms with Gasteiger partial charge in [0.25, 0.3) is 0 Å². The number of nitrogens with zero attached hydrogens (tertiary/aromatic N) is 5. The second kappa shape index (κ2) is 12.8. The summed E-state index contributed by atoms with van der Waals surface area (Å²) in [6, 6.07) is 15.2. The van der Waals surface area contributed by atoms with Gasteiger partial charge in [-0.2, -0.15) is 4.98 Å². The van der Waals surface area contributed by atoms with Gasteiger partial charge >= 0.3 is 0 Å². The highest BCUT2D eigenvalue weighted by Crippen LogP contribution is 2.26. The van der Waals surface area contributed by atoms with Crippen LogP contribution in [-0.4, -0.2) is 84.8 Å². The van der Waals surface area contributed by atoms with Crippen molar-refractivity contribution in [1.29, 1.82) is 0 Å². The Morgan fingerprint density at radius 3 is 2.70 bits per heavy atom. The van der Waals surface area contributed by atoms with Gasteiger partial charge in [0.05, 0.1) is 18.4 Å². The van der Waals surface area contributed by atoms with E-state index in [2.05, 4.69) is 55.7 Å². The van der Waals surface area contributed by atoms with Gasteiger partial charge in [0, 0.05) is 89.0 Å². The van der Waals surface area contributed by atoms with Gasteiger partial charge in [0.2, 0.25) is 5.95 Å². The number of hydrogen-bond donors (Lipinski definition) is 2. The molecule has 2 saturated heterocycles. The van der Waals surface area contributed by atoms with Crippen LogP contribution in [0.3, 0.4) is 0 Å². The minimum absolute atomic E-state index is 0.227. The number of benzene rings is 2. The topological polar surface area (TPSA) is 68.8 Å². The Kier molecular flexibility index (Phi) is 8.74. The number of hydrogen-bond acceptors (Lipinski definition) is 8. The monoisotopic (exact) mass is 565 g/mol. The Morgan fingerprint density at radius 2 is 1.88 bits per heavy atom. The Hall–Kier alpha value is -2.82. The molecule has 0 saturated carbocycles. The molecule has 1 atom stereocenters. The lowest BCUT2D eigenvalue weighted by Gasteiger charge is -2.39. The Bertz CT molecular complexity index is 1290. The second-order valence-electron chi connectivity index (χ2n) is 10.8. The number of ether oxygens (including phenoxy) is 1. The van der Waals surface area contributed by atoms with Crippen molar-refractivity contribution in [2.75, 3.05) is 69.2 Å². The van der Waals surface area contributed by atoms with Crippen LogP contribution in [0.1, 0.15) is 22.4 Å². The molecule has 2 N–H and O–H groups in total. The van der Waals surface area contributed by atoms with Crippen LogP contribution in [0.15, 0.2) is 48.5 Å². The number of aromatic nitrogens is 2. The van der Waals surface area contributed by atoms with Gasteiger partial charge in [-0.05, 0) is 23.3 Å².